The summed E-state index contributed by atoms with van der Waals surface area (Å²) in [6.07, 6.45) is 28.6. The number of esters is 2. The van der Waals surface area contributed by atoms with Gasteiger partial charge in [-0.15, -0.1) is 0 Å². The molecule has 1 aliphatic carbocycles. The molecule has 0 heterocycles. The van der Waals surface area contributed by atoms with Crippen LogP contribution in [0.3, 0.4) is 0 Å². The summed E-state index contributed by atoms with van der Waals surface area (Å²) in [5.74, 6) is -1.19. The van der Waals surface area contributed by atoms with Gasteiger partial charge in [-0.2, -0.15) is 0 Å². The van der Waals surface area contributed by atoms with Crippen molar-refractivity contribution in [1.82, 2.24) is 0 Å². The first-order valence-corrected chi connectivity index (χ1v) is 23.6. The van der Waals surface area contributed by atoms with Crippen LogP contribution in [-0.4, -0.2) is 98.3 Å². The molecule has 0 radical (unpaired) electrons. The Morgan fingerprint density at radius 3 is 1.49 bits per heavy atom. The van der Waals surface area contributed by atoms with Crippen molar-refractivity contribution in [3.8, 4) is 0 Å². The van der Waals surface area contributed by atoms with E-state index in [1.165, 1.54) is 57.8 Å². The predicted octanol–water partition coefficient (Wildman–Crippen LogP) is 8.16. The Hall–Kier alpha value is -2.45. The fourth-order valence-electron chi connectivity index (χ4n) is 6.21. The van der Waals surface area contributed by atoms with Gasteiger partial charge in [0.05, 0.1) is 6.61 Å². The molecule has 6 N–H and O–H groups in total. The standard InChI is InChI=1S/C45H77O13P/c1-3-5-7-9-11-13-15-17-18-19-20-22-23-25-27-29-31-33-38(46)55-35-37(36-56-59(53,54)58-45-43(51)41(49)40(48)42(50)44(45)52)57-39(47)34-32-30-28-26-24-21-16-14-12-10-8-6-4-2/h11,13,17-18,20-22,24-25,27,37,40-45,48-52H,3-10,12,14-16,19,23,26,28-36H2,1-2H3,(H,53,54)/b13-11+,18-17+,22-20+,24-21+,27-25+/t37-,40?,41-,42?,43?,44?,45?/m0/s1. The molecule has 6 unspecified atom stereocenters. The number of carbonyl (C=O) groups is 2. The largest absolute Gasteiger partial charge is 0.472 e. The van der Waals surface area contributed by atoms with Crippen molar-refractivity contribution < 1.29 is 63.1 Å². The molecule has 0 aliphatic heterocycles. The molecule has 0 aromatic carbocycles. The van der Waals surface area contributed by atoms with Gasteiger partial charge in [0.2, 0.25) is 0 Å². The second-order valence-electron chi connectivity index (χ2n) is 15.2. The highest BCUT2D eigenvalue weighted by Crippen LogP contribution is 2.47. The average Bonchev–Trinajstić information content (AvgIpc) is 3.21. The SMILES string of the molecule is CCCCC/C=C/C/C=C/C/C=C/C/C=C/CCCC(=O)OC[C@@H](COP(=O)(O)OC1C(O)C(O)C(O)[C@H](O)C1O)OC(=O)CCCCC/C=C/CCCCCCCC. The number of hydrogen-bond donors (Lipinski definition) is 6. The first-order valence-electron chi connectivity index (χ1n) is 22.1. The molecule has 1 fully saturated rings. The number of phosphoric ester groups is 1. The van der Waals surface area contributed by atoms with Gasteiger partial charge in [-0.05, 0) is 77.0 Å². The summed E-state index contributed by atoms with van der Waals surface area (Å²) >= 11 is 0. The van der Waals surface area contributed by atoms with Gasteiger partial charge in [0.1, 0.15) is 43.2 Å². The summed E-state index contributed by atoms with van der Waals surface area (Å²) in [5, 5.41) is 50.1. The average molecular weight is 857 g/mol. The summed E-state index contributed by atoms with van der Waals surface area (Å²) in [6.45, 7) is 3.18. The molecular formula is C45H77O13P. The molecular weight excluding hydrogens is 779 g/mol. The quantitative estimate of drug-likeness (QED) is 0.0154. The van der Waals surface area contributed by atoms with Crippen molar-refractivity contribution in [2.75, 3.05) is 13.2 Å². The fourth-order valence-corrected chi connectivity index (χ4v) is 7.19. The van der Waals surface area contributed by atoms with E-state index in [0.717, 1.165) is 51.4 Å². The van der Waals surface area contributed by atoms with E-state index in [1.54, 1.807) is 0 Å². The number of hydrogen-bond acceptors (Lipinski definition) is 12. The highest BCUT2D eigenvalue weighted by molar-refractivity contribution is 7.47. The summed E-state index contributed by atoms with van der Waals surface area (Å²) in [4.78, 5) is 35.6. The van der Waals surface area contributed by atoms with E-state index in [1.807, 2.05) is 12.2 Å². The number of phosphoric acid groups is 1. The minimum atomic E-state index is -5.13. The molecule has 340 valence electrons. The van der Waals surface area contributed by atoms with E-state index in [9.17, 15) is 44.6 Å². The Bertz CT molecular complexity index is 1270. The third-order valence-corrected chi connectivity index (χ3v) is 10.8. The monoisotopic (exact) mass is 857 g/mol. The van der Waals surface area contributed by atoms with Crippen LogP contribution in [0, 0.1) is 0 Å². The van der Waals surface area contributed by atoms with Crippen LogP contribution in [0.25, 0.3) is 0 Å². The van der Waals surface area contributed by atoms with Crippen molar-refractivity contribution in [2.24, 2.45) is 0 Å². The van der Waals surface area contributed by atoms with Crippen molar-refractivity contribution in [1.29, 1.82) is 0 Å². The van der Waals surface area contributed by atoms with Crippen LogP contribution in [0.4, 0.5) is 0 Å². The summed E-state index contributed by atoms with van der Waals surface area (Å²) in [5.41, 5.74) is 0. The maximum atomic E-state index is 12.8. The molecule has 0 bridgehead atoms. The highest BCUT2D eigenvalue weighted by Gasteiger charge is 2.51. The normalized spacial score (nSPS) is 22.9. The predicted molar refractivity (Wildman–Crippen MR) is 230 cm³/mol. The molecule has 1 aliphatic rings. The lowest BCUT2D eigenvalue weighted by molar-refractivity contribution is -0.220. The van der Waals surface area contributed by atoms with Gasteiger partial charge in [-0.25, -0.2) is 4.57 Å². The summed E-state index contributed by atoms with van der Waals surface area (Å²) < 4.78 is 33.4. The van der Waals surface area contributed by atoms with E-state index in [0.29, 0.717) is 19.3 Å². The van der Waals surface area contributed by atoms with Crippen molar-refractivity contribution in [3.05, 3.63) is 60.8 Å². The molecule has 13 nitrogen and oxygen atoms in total. The van der Waals surface area contributed by atoms with Gasteiger partial charge in [0, 0.05) is 12.8 Å². The Kier molecular flexibility index (Phi) is 32.5. The lowest BCUT2D eigenvalue weighted by atomic mass is 9.85. The van der Waals surface area contributed by atoms with Crippen LogP contribution in [0.5, 0.6) is 0 Å². The molecule has 0 spiro atoms. The molecule has 1 rings (SSSR count). The lowest BCUT2D eigenvalue weighted by Gasteiger charge is -2.41. The van der Waals surface area contributed by atoms with Gasteiger partial charge < -0.3 is 39.9 Å². The Labute approximate surface area is 353 Å². The topological polar surface area (TPSA) is 210 Å². The van der Waals surface area contributed by atoms with Crippen molar-refractivity contribution in [3.63, 3.8) is 0 Å². The van der Waals surface area contributed by atoms with Crippen molar-refractivity contribution in [2.45, 2.75) is 198 Å². The van der Waals surface area contributed by atoms with E-state index in [-0.39, 0.29) is 12.8 Å². The molecule has 59 heavy (non-hydrogen) atoms. The van der Waals surface area contributed by atoms with E-state index in [2.05, 4.69) is 62.5 Å². The third kappa shape index (κ3) is 27.9. The number of carbonyl (C=O) groups excluding carboxylic acids is 2. The minimum Gasteiger partial charge on any atom is -0.462 e. The second-order valence-corrected chi connectivity index (χ2v) is 16.6. The molecule has 0 aromatic heterocycles. The van der Waals surface area contributed by atoms with Crippen LogP contribution in [0.15, 0.2) is 60.8 Å². The van der Waals surface area contributed by atoms with Crippen LogP contribution in [0.1, 0.15) is 155 Å². The van der Waals surface area contributed by atoms with Gasteiger partial charge in [0.15, 0.2) is 6.10 Å². The van der Waals surface area contributed by atoms with E-state index in [4.69, 9.17) is 18.5 Å². The van der Waals surface area contributed by atoms with Crippen LogP contribution in [0.2, 0.25) is 0 Å². The van der Waals surface area contributed by atoms with Crippen LogP contribution < -0.4 is 0 Å². The zero-order chi connectivity index (χ0) is 43.6. The molecule has 0 saturated heterocycles. The van der Waals surface area contributed by atoms with Gasteiger partial charge in [0.25, 0.3) is 0 Å². The third-order valence-electron chi connectivity index (χ3n) is 9.83. The first-order chi connectivity index (χ1) is 28.4. The molecule has 0 aromatic rings. The second kappa shape index (κ2) is 35.2. The highest BCUT2D eigenvalue weighted by atomic mass is 31.2. The molecule has 8 atom stereocenters. The van der Waals surface area contributed by atoms with E-state index < -0.39 is 75.7 Å². The van der Waals surface area contributed by atoms with Crippen LogP contribution in [-0.2, 0) is 32.7 Å². The van der Waals surface area contributed by atoms with Gasteiger partial charge >= 0.3 is 19.8 Å². The maximum Gasteiger partial charge on any atom is 0.472 e. The fraction of sp³-hybridized carbons (Fsp3) is 0.733. The number of unbranched alkanes of at least 4 members (excludes halogenated alkanes) is 13. The minimum absolute atomic E-state index is 0.0623. The van der Waals surface area contributed by atoms with Crippen LogP contribution >= 0.6 is 7.82 Å². The Morgan fingerprint density at radius 2 is 0.932 bits per heavy atom. The summed E-state index contributed by atoms with van der Waals surface area (Å²) in [7, 11) is -5.13. The number of allylic oxidation sites excluding steroid dienone is 10. The molecule has 14 heteroatoms. The molecule has 0 amide bonds. The van der Waals surface area contributed by atoms with Crippen molar-refractivity contribution >= 4 is 19.8 Å². The van der Waals surface area contributed by atoms with Gasteiger partial charge in [-0.1, -0.05) is 126 Å². The smallest absolute Gasteiger partial charge is 0.462 e. The first kappa shape index (κ1) is 54.6. The van der Waals surface area contributed by atoms with E-state index >= 15 is 0 Å². The zero-order valence-electron chi connectivity index (χ0n) is 35.8. The zero-order valence-corrected chi connectivity index (χ0v) is 36.7. The number of rotatable bonds is 35. The number of aliphatic hydroxyl groups excluding tert-OH is 5. The Balaban J connectivity index is 2.54. The Morgan fingerprint density at radius 1 is 0.525 bits per heavy atom. The van der Waals surface area contributed by atoms with Gasteiger partial charge in [-0.3, -0.25) is 18.6 Å². The maximum absolute atomic E-state index is 12.8. The number of aliphatic hydroxyl groups is 5. The number of ether oxygens (including phenoxy) is 2. The summed E-state index contributed by atoms with van der Waals surface area (Å²) in [6, 6.07) is 0. The molecule has 1 saturated carbocycles. The lowest BCUT2D eigenvalue weighted by Crippen LogP contribution is -2.64.